The fourth-order valence-corrected chi connectivity index (χ4v) is 3.96. The predicted octanol–water partition coefficient (Wildman–Crippen LogP) is 6.11. The number of ether oxygens (including phenoxy) is 2. The van der Waals surface area contributed by atoms with E-state index in [1.54, 1.807) is 30.6 Å². The number of methoxy groups -OCH3 is 1. The standard InChI is InChI=1S/C14H17NOS2.C9H11NO2/c1-10(2)17-8-12-9-18-14(15-12)11-4-6-13(16-3)7-5-11;1-2-12-9-5-3-8(4-6-9)10-7-11/h4-7,9-10H,8H2,1-3H3;3-7H,2H2,1H3,(H,10,11). The summed E-state index contributed by atoms with van der Waals surface area (Å²) in [5.74, 6) is 2.68. The molecule has 30 heavy (non-hydrogen) atoms. The molecule has 160 valence electrons. The summed E-state index contributed by atoms with van der Waals surface area (Å²) in [5, 5.41) is 6.42. The minimum atomic E-state index is 0.648. The number of thiazole rings is 1. The highest BCUT2D eigenvalue weighted by molar-refractivity contribution is 7.99. The third-order valence-electron chi connectivity index (χ3n) is 3.84. The summed E-state index contributed by atoms with van der Waals surface area (Å²) in [6, 6.07) is 15.3. The van der Waals surface area contributed by atoms with Gasteiger partial charge in [-0.2, -0.15) is 11.8 Å². The van der Waals surface area contributed by atoms with Crippen LogP contribution in [-0.4, -0.2) is 30.4 Å². The highest BCUT2D eigenvalue weighted by Gasteiger charge is 2.06. The van der Waals surface area contributed by atoms with Gasteiger partial charge in [-0.25, -0.2) is 4.98 Å². The van der Waals surface area contributed by atoms with Crippen molar-refractivity contribution in [3.8, 4) is 22.1 Å². The number of carbonyl (C=O) groups excluding carboxylic acids is 1. The Balaban J connectivity index is 0.000000232. The number of amides is 1. The highest BCUT2D eigenvalue weighted by Crippen LogP contribution is 2.27. The molecule has 0 fully saturated rings. The number of carbonyl (C=O) groups is 1. The van der Waals surface area contributed by atoms with Gasteiger partial charge in [-0.15, -0.1) is 11.3 Å². The molecule has 0 radical (unpaired) electrons. The smallest absolute Gasteiger partial charge is 0.211 e. The summed E-state index contributed by atoms with van der Waals surface area (Å²) in [7, 11) is 1.68. The van der Waals surface area contributed by atoms with Crippen molar-refractivity contribution in [2.75, 3.05) is 19.0 Å². The number of thioether (sulfide) groups is 1. The first kappa shape index (κ1) is 23.8. The molecule has 0 aliphatic carbocycles. The summed E-state index contributed by atoms with van der Waals surface area (Å²) in [6.45, 7) is 7.00. The van der Waals surface area contributed by atoms with Crippen LogP contribution >= 0.6 is 23.1 Å². The number of nitrogens with one attached hydrogen (secondary N) is 1. The van der Waals surface area contributed by atoms with E-state index in [-0.39, 0.29) is 0 Å². The van der Waals surface area contributed by atoms with Gasteiger partial charge in [-0.1, -0.05) is 13.8 Å². The molecule has 1 amide bonds. The van der Waals surface area contributed by atoms with Crippen molar-refractivity contribution < 1.29 is 14.3 Å². The van der Waals surface area contributed by atoms with Crippen LogP contribution in [0.2, 0.25) is 0 Å². The molecule has 0 aliphatic rings. The quantitative estimate of drug-likeness (QED) is 0.403. The monoisotopic (exact) mass is 444 g/mol. The predicted molar refractivity (Wildman–Crippen MR) is 128 cm³/mol. The third kappa shape index (κ3) is 8.08. The van der Waals surface area contributed by atoms with E-state index in [1.165, 1.54) is 5.69 Å². The van der Waals surface area contributed by atoms with Crippen LogP contribution in [0, 0.1) is 0 Å². The molecule has 2 aromatic carbocycles. The van der Waals surface area contributed by atoms with Crippen LogP contribution in [0.15, 0.2) is 53.9 Å². The van der Waals surface area contributed by atoms with Gasteiger partial charge in [0.05, 0.1) is 19.4 Å². The van der Waals surface area contributed by atoms with Crippen LogP contribution in [0.25, 0.3) is 10.6 Å². The Labute approximate surface area is 186 Å². The number of aromatic nitrogens is 1. The molecule has 5 nitrogen and oxygen atoms in total. The molecule has 7 heteroatoms. The largest absolute Gasteiger partial charge is 0.497 e. The van der Waals surface area contributed by atoms with Gasteiger partial charge < -0.3 is 14.8 Å². The molecule has 0 atom stereocenters. The number of hydrogen-bond donors (Lipinski definition) is 1. The Morgan fingerprint density at radius 3 is 2.33 bits per heavy atom. The molecule has 0 saturated heterocycles. The van der Waals surface area contributed by atoms with Crippen molar-refractivity contribution in [1.29, 1.82) is 0 Å². The summed E-state index contributed by atoms with van der Waals surface area (Å²) >= 11 is 3.63. The Hall–Kier alpha value is -2.51. The fraction of sp³-hybridized carbons (Fsp3) is 0.304. The first-order valence-corrected chi connectivity index (χ1v) is 11.6. The van der Waals surface area contributed by atoms with Gasteiger partial charge in [-0.3, -0.25) is 4.79 Å². The molecule has 3 rings (SSSR count). The van der Waals surface area contributed by atoms with Crippen molar-refractivity contribution in [2.45, 2.75) is 31.8 Å². The van der Waals surface area contributed by atoms with E-state index in [4.69, 9.17) is 9.47 Å². The molecular formula is C23H28N2O3S2. The van der Waals surface area contributed by atoms with Gasteiger partial charge in [0.25, 0.3) is 0 Å². The fourth-order valence-electron chi connectivity index (χ4n) is 2.37. The van der Waals surface area contributed by atoms with Crippen molar-refractivity contribution >= 4 is 35.2 Å². The number of anilines is 1. The molecular weight excluding hydrogens is 416 g/mol. The minimum absolute atomic E-state index is 0.648. The van der Waals surface area contributed by atoms with Gasteiger partial charge in [0, 0.05) is 22.4 Å². The molecule has 0 aliphatic heterocycles. The van der Waals surface area contributed by atoms with Crippen molar-refractivity contribution in [3.63, 3.8) is 0 Å². The zero-order valence-corrected chi connectivity index (χ0v) is 19.4. The Bertz CT molecular complexity index is 878. The Kier molecular flexibility index (Phi) is 10.2. The van der Waals surface area contributed by atoms with E-state index in [0.29, 0.717) is 18.3 Å². The van der Waals surface area contributed by atoms with E-state index >= 15 is 0 Å². The van der Waals surface area contributed by atoms with Crippen LogP contribution in [0.5, 0.6) is 11.5 Å². The second-order valence-corrected chi connectivity index (χ2v) is 8.87. The minimum Gasteiger partial charge on any atom is -0.497 e. The SMILES string of the molecule is CCOc1ccc(NC=O)cc1.COc1ccc(-c2nc(CSC(C)C)cs2)cc1. The van der Waals surface area contributed by atoms with Gasteiger partial charge in [0.2, 0.25) is 6.41 Å². The Morgan fingerprint density at radius 1 is 1.10 bits per heavy atom. The molecule has 0 saturated carbocycles. The van der Waals surface area contributed by atoms with E-state index < -0.39 is 0 Å². The van der Waals surface area contributed by atoms with Crippen molar-refractivity contribution in [1.82, 2.24) is 4.98 Å². The summed E-state index contributed by atoms with van der Waals surface area (Å²) in [4.78, 5) is 14.7. The van der Waals surface area contributed by atoms with Crippen LogP contribution in [-0.2, 0) is 10.5 Å². The molecule has 1 N–H and O–H groups in total. The lowest BCUT2D eigenvalue weighted by molar-refractivity contribution is -0.105. The summed E-state index contributed by atoms with van der Waals surface area (Å²) in [6.07, 6.45) is 0.648. The van der Waals surface area contributed by atoms with Crippen LogP contribution < -0.4 is 14.8 Å². The molecule has 0 spiro atoms. The molecule has 1 aromatic heterocycles. The molecule has 1 heterocycles. The second-order valence-electron chi connectivity index (χ2n) is 6.45. The van der Waals surface area contributed by atoms with Gasteiger partial charge >= 0.3 is 0 Å². The zero-order valence-electron chi connectivity index (χ0n) is 17.8. The van der Waals surface area contributed by atoms with Gasteiger partial charge in [0.15, 0.2) is 0 Å². The van der Waals surface area contributed by atoms with E-state index in [0.717, 1.165) is 33.5 Å². The molecule has 0 unspecified atom stereocenters. The second kappa shape index (κ2) is 12.9. The number of benzene rings is 2. The van der Waals surface area contributed by atoms with Gasteiger partial charge in [-0.05, 0) is 60.7 Å². The maximum absolute atomic E-state index is 10.0. The molecule has 0 bridgehead atoms. The van der Waals surface area contributed by atoms with E-state index in [1.807, 2.05) is 43.0 Å². The Morgan fingerprint density at radius 2 is 1.77 bits per heavy atom. The lowest BCUT2D eigenvalue weighted by atomic mass is 10.2. The lowest BCUT2D eigenvalue weighted by Gasteiger charge is -2.03. The average Bonchev–Trinajstić information content (AvgIpc) is 3.24. The van der Waals surface area contributed by atoms with Crippen LogP contribution in [0.4, 0.5) is 5.69 Å². The van der Waals surface area contributed by atoms with Gasteiger partial charge in [0.1, 0.15) is 16.5 Å². The summed E-state index contributed by atoms with van der Waals surface area (Å²) < 4.78 is 10.4. The number of hydrogen-bond acceptors (Lipinski definition) is 6. The number of rotatable bonds is 9. The van der Waals surface area contributed by atoms with Crippen molar-refractivity contribution in [2.24, 2.45) is 0 Å². The lowest BCUT2D eigenvalue weighted by Crippen LogP contribution is -1.94. The first-order valence-electron chi connectivity index (χ1n) is 9.69. The first-order chi connectivity index (χ1) is 14.5. The number of nitrogens with zero attached hydrogens (tertiary/aromatic N) is 1. The van der Waals surface area contributed by atoms with E-state index in [9.17, 15) is 4.79 Å². The zero-order chi connectivity index (χ0) is 21.8. The maximum Gasteiger partial charge on any atom is 0.211 e. The van der Waals surface area contributed by atoms with Crippen molar-refractivity contribution in [3.05, 3.63) is 59.6 Å². The normalized spacial score (nSPS) is 10.2. The maximum atomic E-state index is 10.0. The van der Waals surface area contributed by atoms with Crippen LogP contribution in [0.3, 0.4) is 0 Å². The molecule has 3 aromatic rings. The third-order valence-corrected chi connectivity index (χ3v) is 5.91. The topological polar surface area (TPSA) is 60.5 Å². The average molecular weight is 445 g/mol. The van der Waals surface area contributed by atoms with E-state index in [2.05, 4.69) is 41.7 Å². The summed E-state index contributed by atoms with van der Waals surface area (Å²) in [5.41, 5.74) is 3.10. The highest BCUT2D eigenvalue weighted by atomic mass is 32.2. The van der Waals surface area contributed by atoms with Crippen LogP contribution in [0.1, 0.15) is 26.5 Å².